The van der Waals surface area contributed by atoms with Crippen molar-refractivity contribution in [1.29, 1.82) is 0 Å². The molecule has 0 bridgehead atoms. The molecule has 0 amide bonds. The van der Waals surface area contributed by atoms with Crippen molar-refractivity contribution >= 4 is 17.1 Å². The Morgan fingerprint density at radius 3 is 2.39 bits per heavy atom. The Hall–Kier alpha value is -3.21. The summed E-state index contributed by atoms with van der Waals surface area (Å²) in [5.74, 6) is 0.399. The molecule has 5 heteroatoms. The first-order valence-corrected chi connectivity index (χ1v) is 11.1. The molecule has 1 fully saturated rings. The van der Waals surface area contributed by atoms with Crippen LogP contribution in [0.3, 0.4) is 0 Å². The van der Waals surface area contributed by atoms with Gasteiger partial charge in [-0.25, -0.2) is 4.98 Å². The van der Waals surface area contributed by atoms with E-state index in [1.54, 1.807) is 0 Å². The fourth-order valence-corrected chi connectivity index (χ4v) is 4.49. The van der Waals surface area contributed by atoms with Gasteiger partial charge in [-0.2, -0.15) is 0 Å². The second-order valence-electron chi connectivity index (χ2n) is 8.27. The molecule has 2 aromatic carbocycles. The molecule has 0 spiro atoms. The van der Waals surface area contributed by atoms with Crippen LogP contribution < -0.4 is 9.80 Å². The normalized spacial score (nSPS) is 15.9. The molecule has 0 saturated carbocycles. The molecule has 2 N–H and O–H groups in total. The van der Waals surface area contributed by atoms with Gasteiger partial charge in [0.15, 0.2) is 5.75 Å². The minimum Gasteiger partial charge on any atom is -0.504 e. The lowest BCUT2D eigenvalue weighted by atomic mass is 9.99. The van der Waals surface area contributed by atoms with Crippen molar-refractivity contribution in [3.05, 3.63) is 71.9 Å². The number of para-hydroxylation sites is 1. The SMILES string of the molecule is CCCCc1nc(O)c(N2CC[C@@H](c3ccccc3)C2)c(O)c1N(C)c1ccccc1. The second kappa shape index (κ2) is 9.29. The van der Waals surface area contributed by atoms with E-state index in [-0.39, 0.29) is 11.6 Å². The van der Waals surface area contributed by atoms with E-state index < -0.39 is 0 Å². The zero-order valence-electron chi connectivity index (χ0n) is 18.3. The predicted octanol–water partition coefficient (Wildman–Crippen LogP) is 5.60. The highest BCUT2D eigenvalue weighted by molar-refractivity contribution is 5.81. The zero-order valence-corrected chi connectivity index (χ0v) is 18.3. The summed E-state index contributed by atoms with van der Waals surface area (Å²) in [6, 6.07) is 20.4. The topological polar surface area (TPSA) is 59.8 Å². The van der Waals surface area contributed by atoms with Gasteiger partial charge in [-0.3, -0.25) is 0 Å². The molecule has 0 radical (unpaired) electrons. The van der Waals surface area contributed by atoms with Crippen LogP contribution in [0.5, 0.6) is 11.6 Å². The van der Waals surface area contributed by atoms with Crippen molar-refractivity contribution in [2.45, 2.75) is 38.5 Å². The Bertz CT molecular complexity index is 1010. The summed E-state index contributed by atoms with van der Waals surface area (Å²) in [5, 5.41) is 22.2. The van der Waals surface area contributed by atoms with Gasteiger partial charge in [-0.05, 0) is 37.0 Å². The number of rotatable bonds is 7. The Labute approximate surface area is 184 Å². The molecule has 1 atom stereocenters. The van der Waals surface area contributed by atoms with Gasteiger partial charge in [0, 0.05) is 31.7 Å². The van der Waals surface area contributed by atoms with Crippen molar-refractivity contribution in [2.24, 2.45) is 0 Å². The summed E-state index contributed by atoms with van der Waals surface area (Å²) in [7, 11) is 1.94. The van der Waals surface area contributed by atoms with Crippen LogP contribution in [0.1, 0.15) is 43.4 Å². The quantitative estimate of drug-likeness (QED) is 0.524. The van der Waals surface area contributed by atoms with Crippen molar-refractivity contribution < 1.29 is 10.2 Å². The lowest BCUT2D eigenvalue weighted by Gasteiger charge is -2.28. The highest BCUT2D eigenvalue weighted by Crippen LogP contribution is 2.48. The summed E-state index contributed by atoms with van der Waals surface area (Å²) in [5.41, 5.74) is 4.11. The molecule has 1 saturated heterocycles. The Morgan fingerprint density at radius 1 is 1.03 bits per heavy atom. The lowest BCUT2D eigenvalue weighted by Crippen LogP contribution is -2.22. The second-order valence-corrected chi connectivity index (χ2v) is 8.27. The minimum absolute atomic E-state index is 0.0810. The van der Waals surface area contributed by atoms with Gasteiger partial charge < -0.3 is 20.0 Å². The van der Waals surface area contributed by atoms with E-state index >= 15 is 0 Å². The molecule has 162 valence electrons. The summed E-state index contributed by atoms with van der Waals surface area (Å²) in [6.07, 6.45) is 3.65. The number of aromatic nitrogens is 1. The van der Waals surface area contributed by atoms with Crippen LogP contribution >= 0.6 is 0 Å². The summed E-state index contributed by atoms with van der Waals surface area (Å²) in [6.45, 7) is 3.64. The Morgan fingerprint density at radius 2 is 1.71 bits per heavy atom. The zero-order chi connectivity index (χ0) is 21.8. The first kappa shape index (κ1) is 21.0. The highest BCUT2D eigenvalue weighted by atomic mass is 16.3. The van der Waals surface area contributed by atoms with E-state index in [1.807, 2.05) is 48.3 Å². The first-order valence-electron chi connectivity index (χ1n) is 11.1. The predicted molar refractivity (Wildman–Crippen MR) is 127 cm³/mol. The summed E-state index contributed by atoms with van der Waals surface area (Å²) in [4.78, 5) is 8.62. The van der Waals surface area contributed by atoms with Gasteiger partial charge in [0.25, 0.3) is 0 Å². The van der Waals surface area contributed by atoms with E-state index in [9.17, 15) is 10.2 Å². The highest BCUT2D eigenvalue weighted by Gasteiger charge is 2.31. The maximum Gasteiger partial charge on any atom is 0.239 e. The molecule has 1 aliphatic heterocycles. The third-order valence-electron chi connectivity index (χ3n) is 6.20. The number of aromatic hydroxyl groups is 2. The van der Waals surface area contributed by atoms with Crippen LogP contribution in [0, 0.1) is 0 Å². The number of pyridine rings is 1. The number of hydrogen-bond acceptors (Lipinski definition) is 5. The first-order chi connectivity index (χ1) is 15.1. The fraction of sp³-hybridized carbons (Fsp3) is 0.346. The molecule has 1 aliphatic rings. The van der Waals surface area contributed by atoms with Gasteiger partial charge in [0.05, 0.1) is 5.69 Å². The third kappa shape index (κ3) is 4.31. The molecule has 31 heavy (non-hydrogen) atoms. The maximum atomic E-state index is 11.4. The monoisotopic (exact) mass is 417 g/mol. The van der Waals surface area contributed by atoms with Gasteiger partial charge in [-0.15, -0.1) is 0 Å². The van der Waals surface area contributed by atoms with E-state index in [1.165, 1.54) is 5.56 Å². The summed E-state index contributed by atoms with van der Waals surface area (Å²) < 4.78 is 0. The largest absolute Gasteiger partial charge is 0.504 e. The van der Waals surface area contributed by atoms with Gasteiger partial charge in [-0.1, -0.05) is 61.9 Å². The van der Waals surface area contributed by atoms with Crippen LogP contribution in [-0.4, -0.2) is 35.3 Å². The van der Waals surface area contributed by atoms with Gasteiger partial charge in [0.2, 0.25) is 5.88 Å². The number of aryl methyl sites for hydroxylation is 1. The number of anilines is 3. The standard InChI is InChI=1S/C26H31N3O2/c1-3-4-15-22-23(28(2)21-13-9-6-10-14-21)25(30)24(26(31)27-22)29-17-16-20(18-29)19-11-7-5-8-12-19/h5-14,20H,3-4,15-18H2,1-2H3,(H2,27,30,31)/t20-/m1/s1. The van der Waals surface area contributed by atoms with E-state index in [2.05, 4.69) is 41.1 Å². The minimum atomic E-state index is -0.0810. The van der Waals surface area contributed by atoms with Crippen molar-refractivity contribution in [1.82, 2.24) is 4.98 Å². The van der Waals surface area contributed by atoms with Crippen LogP contribution in [-0.2, 0) is 6.42 Å². The molecular formula is C26H31N3O2. The van der Waals surface area contributed by atoms with E-state index in [0.717, 1.165) is 43.7 Å². The number of benzene rings is 2. The molecule has 1 aromatic heterocycles. The van der Waals surface area contributed by atoms with Crippen molar-refractivity contribution in [3.63, 3.8) is 0 Å². The van der Waals surface area contributed by atoms with Crippen LogP contribution in [0.4, 0.5) is 17.1 Å². The molecule has 4 rings (SSSR count). The van der Waals surface area contributed by atoms with Crippen molar-refractivity contribution in [3.8, 4) is 11.6 Å². The molecular weight excluding hydrogens is 386 g/mol. The molecule has 2 heterocycles. The van der Waals surface area contributed by atoms with Crippen LogP contribution in [0.15, 0.2) is 60.7 Å². The van der Waals surface area contributed by atoms with Crippen LogP contribution in [0.2, 0.25) is 0 Å². The average molecular weight is 418 g/mol. The Kier molecular flexibility index (Phi) is 6.31. The fourth-order valence-electron chi connectivity index (χ4n) is 4.49. The number of unbranched alkanes of at least 4 members (excludes halogenated alkanes) is 1. The van der Waals surface area contributed by atoms with Crippen molar-refractivity contribution in [2.75, 3.05) is 29.9 Å². The third-order valence-corrected chi connectivity index (χ3v) is 6.20. The smallest absolute Gasteiger partial charge is 0.239 e. The number of nitrogens with zero attached hydrogens (tertiary/aromatic N) is 3. The number of hydrogen-bond donors (Lipinski definition) is 2. The van der Waals surface area contributed by atoms with E-state index in [0.29, 0.717) is 23.7 Å². The lowest BCUT2D eigenvalue weighted by molar-refractivity contribution is 0.432. The van der Waals surface area contributed by atoms with Crippen LogP contribution in [0.25, 0.3) is 0 Å². The Balaban J connectivity index is 1.72. The van der Waals surface area contributed by atoms with Gasteiger partial charge in [0.1, 0.15) is 11.4 Å². The average Bonchev–Trinajstić information content (AvgIpc) is 3.28. The molecule has 3 aromatic rings. The molecule has 0 aliphatic carbocycles. The molecule has 5 nitrogen and oxygen atoms in total. The molecule has 0 unspecified atom stereocenters. The van der Waals surface area contributed by atoms with E-state index in [4.69, 9.17) is 0 Å². The summed E-state index contributed by atoms with van der Waals surface area (Å²) >= 11 is 0. The maximum absolute atomic E-state index is 11.4. The van der Waals surface area contributed by atoms with Gasteiger partial charge >= 0.3 is 0 Å².